The van der Waals surface area contributed by atoms with Crippen LogP contribution in [0.3, 0.4) is 0 Å². The van der Waals surface area contributed by atoms with Gasteiger partial charge in [0.05, 0.1) is 0 Å². The standard InChI is InChI=1S/C15H30N2O2/c1-11-9-17(13(18)19-14(2,3)4)8-7-12(11)15(5,6)10-16/h11-12H,7-10,16H2,1-6H3. The van der Waals surface area contributed by atoms with E-state index >= 15 is 0 Å². The van der Waals surface area contributed by atoms with Gasteiger partial charge in [0, 0.05) is 13.1 Å². The van der Waals surface area contributed by atoms with E-state index in [-0.39, 0.29) is 11.5 Å². The predicted octanol–water partition coefficient (Wildman–Crippen LogP) is 2.86. The summed E-state index contributed by atoms with van der Waals surface area (Å²) in [7, 11) is 0. The molecule has 0 radical (unpaired) electrons. The van der Waals surface area contributed by atoms with E-state index in [2.05, 4.69) is 20.8 Å². The molecular formula is C15H30N2O2. The first kappa shape index (κ1) is 16.3. The molecule has 1 amide bonds. The van der Waals surface area contributed by atoms with Crippen molar-refractivity contribution in [2.45, 2.75) is 53.6 Å². The van der Waals surface area contributed by atoms with Crippen LogP contribution in [0.1, 0.15) is 48.0 Å². The van der Waals surface area contributed by atoms with Crippen LogP contribution in [0, 0.1) is 17.3 Å². The van der Waals surface area contributed by atoms with Crippen molar-refractivity contribution in [3.05, 3.63) is 0 Å². The van der Waals surface area contributed by atoms with Gasteiger partial charge < -0.3 is 15.4 Å². The molecule has 1 aliphatic rings. The number of carbonyl (C=O) groups is 1. The Balaban J connectivity index is 2.61. The van der Waals surface area contributed by atoms with Crippen molar-refractivity contribution in [2.75, 3.05) is 19.6 Å². The molecule has 112 valence electrons. The Morgan fingerprint density at radius 3 is 2.32 bits per heavy atom. The van der Waals surface area contributed by atoms with E-state index in [1.807, 2.05) is 25.7 Å². The lowest BCUT2D eigenvalue weighted by Crippen LogP contribution is -2.49. The molecule has 0 bridgehead atoms. The van der Waals surface area contributed by atoms with Crippen molar-refractivity contribution in [1.29, 1.82) is 0 Å². The molecular weight excluding hydrogens is 240 g/mol. The summed E-state index contributed by atoms with van der Waals surface area (Å²) < 4.78 is 5.44. The topological polar surface area (TPSA) is 55.6 Å². The van der Waals surface area contributed by atoms with E-state index in [1.54, 1.807) is 0 Å². The number of nitrogens with zero attached hydrogens (tertiary/aromatic N) is 1. The summed E-state index contributed by atoms with van der Waals surface area (Å²) in [5, 5.41) is 0. The van der Waals surface area contributed by atoms with E-state index in [9.17, 15) is 4.79 Å². The summed E-state index contributed by atoms with van der Waals surface area (Å²) in [6, 6.07) is 0. The van der Waals surface area contributed by atoms with Gasteiger partial charge in [0.15, 0.2) is 0 Å². The number of hydrogen-bond acceptors (Lipinski definition) is 3. The maximum Gasteiger partial charge on any atom is 0.410 e. The molecule has 4 nitrogen and oxygen atoms in total. The molecule has 1 rings (SSSR count). The molecule has 1 aliphatic heterocycles. The molecule has 19 heavy (non-hydrogen) atoms. The van der Waals surface area contributed by atoms with Gasteiger partial charge in [-0.05, 0) is 51.0 Å². The molecule has 2 unspecified atom stereocenters. The van der Waals surface area contributed by atoms with Crippen molar-refractivity contribution < 1.29 is 9.53 Å². The highest BCUT2D eigenvalue weighted by molar-refractivity contribution is 5.68. The van der Waals surface area contributed by atoms with Crippen molar-refractivity contribution in [2.24, 2.45) is 23.0 Å². The number of piperidine rings is 1. The van der Waals surface area contributed by atoms with Crippen molar-refractivity contribution in [3.63, 3.8) is 0 Å². The van der Waals surface area contributed by atoms with Crippen molar-refractivity contribution in [1.82, 2.24) is 4.90 Å². The Kier molecular flexibility index (Phi) is 4.88. The molecule has 0 saturated carbocycles. The third kappa shape index (κ3) is 4.37. The molecule has 0 aromatic carbocycles. The average molecular weight is 270 g/mol. The predicted molar refractivity (Wildman–Crippen MR) is 77.9 cm³/mol. The highest BCUT2D eigenvalue weighted by Crippen LogP contribution is 2.37. The monoisotopic (exact) mass is 270 g/mol. The van der Waals surface area contributed by atoms with Gasteiger partial charge in [-0.2, -0.15) is 0 Å². The first-order valence-electron chi connectivity index (χ1n) is 7.25. The number of amides is 1. The maximum absolute atomic E-state index is 12.1. The van der Waals surface area contributed by atoms with Gasteiger partial charge in [0.25, 0.3) is 0 Å². The van der Waals surface area contributed by atoms with Crippen molar-refractivity contribution in [3.8, 4) is 0 Å². The first-order valence-corrected chi connectivity index (χ1v) is 7.25. The second-order valence-corrected chi connectivity index (χ2v) is 7.49. The Bertz CT molecular complexity index is 321. The fourth-order valence-electron chi connectivity index (χ4n) is 2.95. The zero-order valence-corrected chi connectivity index (χ0v) is 13.3. The number of nitrogens with two attached hydrogens (primary N) is 1. The number of ether oxygens (including phenoxy) is 1. The summed E-state index contributed by atoms with van der Waals surface area (Å²) in [5.74, 6) is 1.02. The molecule has 1 saturated heterocycles. The van der Waals surface area contributed by atoms with Gasteiger partial charge in [0.1, 0.15) is 5.60 Å². The van der Waals surface area contributed by atoms with E-state index in [0.29, 0.717) is 18.4 Å². The van der Waals surface area contributed by atoms with Gasteiger partial charge in [-0.25, -0.2) is 4.79 Å². The molecule has 0 aromatic rings. The Morgan fingerprint density at radius 1 is 1.32 bits per heavy atom. The van der Waals surface area contributed by atoms with Crippen LogP contribution in [0.2, 0.25) is 0 Å². The quantitative estimate of drug-likeness (QED) is 0.839. The molecule has 2 N–H and O–H groups in total. The van der Waals surface area contributed by atoms with E-state index in [1.165, 1.54) is 0 Å². The number of rotatable bonds is 2. The Morgan fingerprint density at radius 2 is 1.89 bits per heavy atom. The van der Waals surface area contributed by atoms with Crippen molar-refractivity contribution >= 4 is 6.09 Å². The van der Waals surface area contributed by atoms with Crippen LogP contribution in [0.15, 0.2) is 0 Å². The van der Waals surface area contributed by atoms with Gasteiger partial charge >= 0.3 is 6.09 Å². The number of carbonyl (C=O) groups excluding carboxylic acids is 1. The summed E-state index contributed by atoms with van der Waals surface area (Å²) in [5.41, 5.74) is 5.59. The first-order chi connectivity index (χ1) is 8.57. The van der Waals surface area contributed by atoms with Crippen LogP contribution in [0.4, 0.5) is 4.79 Å². The third-order valence-electron chi connectivity index (χ3n) is 4.09. The number of hydrogen-bond donors (Lipinski definition) is 1. The largest absolute Gasteiger partial charge is 0.444 e. The summed E-state index contributed by atoms with van der Waals surface area (Å²) in [6.45, 7) is 14.6. The minimum atomic E-state index is -0.423. The zero-order chi connectivity index (χ0) is 14.8. The second kappa shape index (κ2) is 5.70. The van der Waals surface area contributed by atoms with Crippen LogP contribution >= 0.6 is 0 Å². The highest BCUT2D eigenvalue weighted by Gasteiger charge is 2.38. The molecule has 4 heteroatoms. The molecule has 2 atom stereocenters. The summed E-state index contributed by atoms with van der Waals surface area (Å²) in [4.78, 5) is 13.9. The minimum Gasteiger partial charge on any atom is -0.444 e. The van der Waals surface area contributed by atoms with E-state index in [4.69, 9.17) is 10.5 Å². The Hall–Kier alpha value is -0.770. The normalized spacial score (nSPS) is 25.3. The molecule has 0 aromatic heterocycles. The van der Waals surface area contributed by atoms with Gasteiger partial charge in [-0.1, -0.05) is 20.8 Å². The summed E-state index contributed by atoms with van der Waals surface area (Å²) in [6.07, 6.45) is 0.813. The summed E-state index contributed by atoms with van der Waals surface area (Å²) >= 11 is 0. The molecule has 1 fully saturated rings. The van der Waals surface area contributed by atoms with Gasteiger partial charge in [-0.3, -0.25) is 0 Å². The molecule has 0 spiro atoms. The zero-order valence-electron chi connectivity index (χ0n) is 13.3. The van der Waals surface area contributed by atoms with Crippen LogP contribution in [0.5, 0.6) is 0 Å². The van der Waals surface area contributed by atoms with Crippen LogP contribution < -0.4 is 5.73 Å². The fourth-order valence-corrected chi connectivity index (χ4v) is 2.95. The van der Waals surface area contributed by atoms with Gasteiger partial charge in [0.2, 0.25) is 0 Å². The lowest BCUT2D eigenvalue weighted by Gasteiger charge is -2.44. The van der Waals surface area contributed by atoms with Crippen LogP contribution in [0.25, 0.3) is 0 Å². The lowest BCUT2D eigenvalue weighted by molar-refractivity contribution is -0.000345. The van der Waals surface area contributed by atoms with Crippen LogP contribution in [-0.2, 0) is 4.74 Å². The maximum atomic E-state index is 12.1. The smallest absolute Gasteiger partial charge is 0.410 e. The Labute approximate surface area is 117 Å². The van der Waals surface area contributed by atoms with E-state index < -0.39 is 5.60 Å². The third-order valence-corrected chi connectivity index (χ3v) is 4.09. The average Bonchev–Trinajstić information content (AvgIpc) is 2.26. The minimum absolute atomic E-state index is 0.138. The molecule has 0 aliphatic carbocycles. The lowest BCUT2D eigenvalue weighted by atomic mass is 9.69. The number of likely N-dealkylation sites (tertiary alicyclic amines) is 1. The molecule has 1 heterocycles. The van der Waals surface area contributed by atoms with E-state index in [0.717, 1.165) is 19.5 Å². The highest BCUT2D eigenvalue weighted by atomic mass is 16.6. The second-order valence-electron chi connectivity index (χ2n) is 7.49. The fraction of sp³-hybridized carbons (Fsp3) is 0.933. The SMILES string of the molecule is CC1CN(C(=O)OC(C)(C)C)CCC1C(C)(C)CN. The van der Waals surface area contributed by atoms with Gasteiger partial charge in [-0.15, -0.1) is 0 Å². The van der Waals surface area contributed by atoms with Crippen LogP contribution in [-0.4, -0.2) is 36.2 Å².